The Labute approximate surface area is 193 Å². The number of carbonyl (C=O) groups excluding carboxylic acids is 2. The zero-order valence-electron chi connectivity index (χ0n) is 18.4. The van der Waals surface area contributed by atoms with Crippen LogP contribution in [0.1, 0.15) is 44.6 Å². The summed E-state index contributed by atoms with van der Waals surface area (Å²) in [7, 11) is 0. The maximum atomic E-state index is 13.5. The van der Waals surface area contributed by atoms with Crippen LogP contribution in [0.2, 0.25) is 0 Å². The van der Waals surface area contributed by atoms with Crippen molar-refractivity contribution in [2.75, 3.05) is 11.4 Å². The van der Waals surface area contributed by atoms with Crippen molar-refractivity contribution in [3.05, 3.63) is 71.6 Å². The number of nitrogens with one attached hydrogen (secondary N) is 1. The third-order valence-corrected chi connectivity index (χ3v) is 7.63. The highest BCUT2D eigenvalue weighted by Crippen LogP contribution is 2.42. The van der Waals surface area contributed by atoms with E-state index in [1.165, 1.54) is 42.3 Å². The maximum Gasteiger partial charge on any atom is 0.241 e. The Kier molecular flexibility index (Phi) is 7.30. The minimum atomic E-state index is -0.501. The van der Waals surface area contributed by atoms with Crippen molar-refractivity contribution in [1.29, 1.82) is 0 Å². The molecule has 4 rings (SSSR count). The molecule has 0 saturated heterocycles. The van der Waals surface area contributed by atoms with Crippen LogP contribution in [0.3, 0.4) is 0 Å². The van der Waals surface area contributed by atoms with Crippen LogP contribution in [0.15, 0.2) is 65.1 Å². The Balaban J connectivity index is 1.46. The van der Waals surface area contributed by atoms with Gasteiger partial charge >= 0.3 is 0 Å². The summed E-state index contributed by atoms with van der Waals surface area (Å²) in [6.07, 6.45) is 7.91. The number of rotatable bonds is 7. The molecule has 0 bridgehead atoms. The number of nitrogens with zero attached hydrogens (tertiary/aromatic N) is 1. The lowest BCUT2D eigenvalue weighted by atomic mass is 9.97. The number of anilines is 1. The molecular formula is C26H29FN2O2S. The molecule has 0 aromatic heterocycles. The standard InChI is InChI=1S/C26H29FN2O2S/c1-18(25(30)28-16-15-19-7-3-2-4-8-19)24-26(31)29(17-20-11-13-21(27)14-12-20)22-9-5-6-10-23(22)32-24/h5-7,9-14,18,24H,2-4,8,15-17H2,1H3,(H,28,30)/t18-,24+/m0/s1. The van der Waals surface area contributed by atoms with E-state index in [0.29, 0.717) is 13.1 Å². The number of allylic oxidation sites excluding steroid dienone is 1. The van der Waals surface area contributed by atoms with Crippen molar-refractivity contribution in [2.24, 2.45) is 5.92 Å². The molecule has 0 spiro atoms. The van der Waals surface area contributed by atoms with Crippen molar-refractivity contribution < 1.29 is 14.0 Å². The van der Waals surface area contributed by atoms with Crippen LogP contribution < -0.4 is 10.2 Å². The molecule has 2 aromatic carbocycles. The number of halogens is 1. The van der Waals surface area contributed by atoms with E-state index in [2.05, 4.69) is 11.4 Å². The van der Waals surface area contributed by atoms with Crippen LogP contribution in [0.5, 0.6) is 0 Å². The minimum Gasteiger partial charge on any atom is -0.356 e. The number of hydrogen-bond donors (Lipinski definition) is 1. The second-order valence-corrected chi connectivity index (χ2v) is 9.68. The highest BCUT2D eigenvalue weighted by atomic mass is 32.2. The lowest BCUT2D eigenvalue weighted by Gasteiger charge is -2.35. The SMILES string of the molecule is C[C@H](C(=O)NCCC1=CCCCC1)[C@H]1Sc2ccccc2N(Cc2ccc(F)cc2)C1=O. The molecule has 2 aliphatic rings. The normalized spacial score (nSPS) is 19.2. The van der Waals surface area contributed by atoms with Gasteiger partial charge in [-0.2, -0.15) is 0 Å². The van der Waals surface area contributed by atoms with Gasteiger partial charge in [-0.3, -0.25) is 9.59 Å². The van der Waals surface area contributed by atoms with Crippen molar-refractivity contribution in [3.8, 4) is 0 Å². The smallest absolute Gasteiger partial charge is 0.241 e. The predicted molar refractivity (Wildman–Crippen MR) is 127 cm³/mol. The summed E-state index contributed by atoms with van der Waals surface area (Å²) >= 11 is 1.46. The molecule has 4 nitrogen and oxygen atoms in total. The van der Waals surface area contributed by atoms with Crippen molar-refractivity contribution in [2.45, 2.75) is 55.7 Å². The van der Waals surface area contributed by atoms with E-state index >= 15 is 0 Å². The molecule has 32 heavy (non-hydrogen) atoms. The highest BCUT2D eigenvalue weighted by molar-refractivity contribution is 8.01. The summed E-state index contributed by atoms with van der Waals surface area (Å²) in [6, 6.07) is 13.9. The number of para-hydroxylation sites is 1. The van der Waals surface area contributed by atoms with E-state index in [9.17, 15) is 14.0 Å². The molecule has 1 heterocycles. The van der Waals surface area contributed by atoms with E-state index in [0.717, 1.165) is 35.4 Å². The second kappa shape index (κ2) is 10.3. The predicted octanol–water partition coefficient (Wildman–Crippen LogP) is 5.48. The van der Waals surface area contributed by atoms with Gasteiger partial charge in [-0.1, -0.05) is 42.8 Å². The lowest BCUT2D eigenvalue weighted by molar-refractivity contribution is -0.128. The topological polar surface area (TPSA) is 49.4 Å². The first-order valence-electron chi connectivity index (χ1n) is 11.3. The zero-order chi connectivity index (χ0) is 22.5. The molecule has 0 fully saturated rings. The fraction of sp³-hybridized carbons (Fsp3) is 0.385. The largest absolute Gasteiger partial charge is 0.356 e. The third kappa shape index (κ3) is 5.23. The first-order valence-corrected chi connectivity index (χ1v) is 12.2. The van der Waals surface area contributed by atoms with Crippen LogP contribution in [0.25, 0.3) is 0 Å². The van der Waals surface area contributed by atoms with Gasteiger partial charge in [0.15, 0.2) is 0 Å². The monoisotopic (exact) mass is 452 g/mol. The lowest BCUT2D eigenvalue weighted by Crippen LogP contribution is -2.47. The van der Waals surface area contributed by atoms with Crippen LogP contribution in [0.4, 0.5) is 10.1 Å². The second-order valence-electron chi connectivity index (χ2n) is 8.49. The molecule has 2 amide bonds. The summed E-state index contributed by atoms with van der Waals surface area (Å²) in [5.74, 6) is -0.942. The quantitative estimate of drug-likeness (QED) is 0.566. The highest BCUT2D eigenvalue weighted by Gasteiger charge is 2.39. The van der Waals surface area contributed by atoms with Crippen LogP contribution in [0, 0.1) is 11.7 Å². The van der Waals surface area contributed by atoms with E-state index in [1.54, 1.807) is 17.0 Å². The Morgan fingerprint density at radius 1 is 1.19 bits per heavy atom. The molecule has 168 valence electrons. The Morgan fingerprint density at radius 2 is 1.97 bits per heavy atom. The molecular weight excluding hydrogens is 423 g/mol. The van der Waals surface area contributed by atoms with Gasteiger partial charge in [0.1, 0.15) is 11.1 Å². The molecule has 6 heteroatoms. The molecule has 1 N–H and O–H groups in total. The average molecular weight is 453 g/mol. The van der Waals surface area contributed by atoms with Crippen molar-refractivity contribution >= 4 is 29.3 Å². The van der Waals surface area contributed by atoms with Crippen molar-refractivity contribution in [1.82, 2.24) is 5.32 Å². The Bertz CT molecular complexity index is 1010. The van der Waals surface area contributed by atoms with Gasteiger partial charge in [0.25, 0.3) is 0 Å². The zero-order valence-corrected chi connectivity index (χ0v) is 19.2. The summed E-state index contributed by atoms with van der Waals surface area (Å²) < 4.78 is 13.3. The van der Waals surface area contributed by atoms with E-state index in [4.69, 9.17) is 0 Å². The Hall–Kier alpha value is -2.60. The van der Waals surface area contributed by atoms with Gasteiger partial charge in [-0.25, -0.2) is 4.39 Å². The molecule has 2 aromatic rings. The Morgan fingerprint density at radius 3 is 2.72 bits per heavy atom. The summed E-state index contributed by atoms with van der Waals surface area (Å²) in [5.41, 5.74) is 3.10. The number of benzene rings is 2. The van der Waals surface area contributed by atoms with Crippen molar-refractivity contribution in [3.63, 3.8) is 0 Å². The van der Waals surface area contributed by atoms with Crippen LogP contribution >= 0.6 is 11.8 Å². The van der Waals surface area contributed by atoms with Gasteiger partial charge in [0.05, 0.1) is 18.2 Å². The molecule has 2 atom stereocenters. The van der Waals surface area contributed by atoms with Gasteiger partial charge in [0.2, 0.25) is 11.8 Å². The number of hydrogen-bond acceptors (Lipinski definition) is 3. The van der Waals surface area contributed by atoms with Gasteiger partial charge in [-0.15, -0.1) is 11.8 Å². The van der Waals surface area contributed by atoms with Gasteiger partial charge in [0, 0.05) is 11.4 Å². The molecule has 1 aliphatic carbocycles. The molecule has 0 saturated carbocycles. The fourth-order valence-corrected chi connectivity index (χ4v) is 5.55. The van der Waals surface area contributed by atoms with Gasteiger partial charge in [-0.05, 0) is 61.9 Å². The van der Waals surface area contributed by atoms with E-state index < -0.39 is 11.2 Å². The number of thioether (sulfide) groups is 1. The molecule has 1 aliphatic heterocycles. The van der Waals surface area contributed by atoms with E-state index in [1.807, 2.05) is 31.2 Å². The maximum absolute atomic E-state index is 13.5. The average Bonchev–Trinajstić information content (AvgIpc) is 2.82. The molecule has 0 radical (unpaired) electrons. The summed E-state index contributed by atoms with van der Waals surface area (Å²) in [5, 5.41) is 2.54. The first kappa shape index (κ1) is 22.6. The number of carbonyl (C=O) groups is 2. The van der Waals surface area contributed by atoms with Crippen LogP contribution in [-0.4, -0.2) is 23.6 Å². The van der Waals surface area contributed by atoms with E-state index in [-0.39, 0.29) is 17.6 Å². The van der Waals surface area contributed by atoms with Gasteiger partial charge < -0.3 is 10.2 Å². The summed E-state index contributed by atoms with van der Waals surface area (Å²) in [6.45, 7) is 2.78. The third-order valence-electron chi connectivity index (χ3n) is 6.17. The minimum absolute atomic E-state index is 0.0873. The fourth-order valence-electron chi connectivity index (χ4n) is 4.27. The number of amides is 2. The number of fused-ring (bicyclic) bond motifs is 1. The molecule has 0 unspecified atom stereocenters. The summed E-state index contributed by atoms with van der Waals surface area (Å²) in [4.78, 5) is 29.1. The first-order chi connectivity index (χ1) is 15.5. The van der Waals surface area contributed by atoms with Crippen LogP contribution in [-0.2, 0) is 16.1 Å².